The molecule has 0 radical (unpaired) electrons. The van der Waals surface area contributed by atoms with Gasteiger partial charge in [0.25, 0.3) is 0 Å². The molecule has 0 saturated heterocycles. The molecule has 1 atom stereocenters. The van der Waals surface area contributed by atoms with Crippen molar-refractivity contribution in [2.45, 2.75) is 19.3 Å². The zero-order chi connectivity index (χ0) is 21.4. The number of methoxy groups -OCH3 is 2. The molecule has 0 bridgehead atoms. The van der Waals surface area contributed by atoms with Gasteiger partial charge in [0.05, 0.1) is 19.9 Å². The third kappa shape index (κ3) is 3.52. The maximum atomic E-state index is 12.9. The van der Waals surface area contributed by atoms with E-state index in [1.54, 1.807) is 14.2 Å². The summed E-state index contributed by atoms with van der Waals surface area (Å²) in [6.07, 6.45) is 2.44. The zero-order valence-electron chi connectivity index (χ0n) is 17.5. The summed E-state index contributed by atoms with van der Waals surface area (Å²) in [5, 5.41) is 11.5. The van der Waals surface area contributed by atoms with Crippen molar-refractivity contribution in [2.75, 3.05) is 19.5 Å². The van der Waals surface area contributed by atoms with Crippen LogP contribution < -0.4 is 14.8 Å². The van der Waals surface area contributed by atoms with Crippen LogP contribution >= 0.6 is 0 Å². The molecule has 0 aliphatic heterocycles. The Hall–Kier alpha value is -3.74. The van der Waals surface area contributed by atoms with Crippen molar-refractivity contribution in [3.8, 4) is 22.8 Å². The monoisotopic (exact) mass is 416 g/mol. The van der Waals surface area contributed by atoms with E-state index in [0.717, 1.165) is 29.6 Å². The number of fused-ring (bicyclic) bond motifs is 3. The second kappa shape index (κ2) is 7.83. The number of rotatable bonds is 5. The second-order valence-electron chi connectivity index (χ2n) is 7.79. The average Bonchev–Trinajstić information content (AvgIpc) is 3.42. The van der Waals surface area contributed by atoms with E-state index in [4.69, 9.17) is 9.47 Å². The maximum Gasteiger partial charge on any atom is 0.229 e. The highest BCUT2D eigenvalue weighted by atomic mass is 16.5. The van der Waals surface area contributed by atoms with Gasteiger partial charge in [-0.1, -0.05) is 18.2 Å². The molecular formula is C24H24N4O3. The SMILES string of the molecule is COc1ccc(-c2cc(NC(=O)C3CCc4c([nH]c5ccccc45)C3)n[nH]2)cc1OC. The lowest BCUT2D eigenvalue weighted by Crippen LogP contribution is -2.28. The number of hydrogen-bond donors (Lipinski definition) is 3. The number of nitrogens with one attached hydrogen (secondary N) is 3. The van der Waals surface area contributed by atoms with Crippen LogP contribution in [-0.4, -0.2) is 35.3 Å². The van der Waals surface area contributed by atoms with E-state index in [1.165, 1.54) is 16.6 Å². The highest BCUT2D eigenvalue weighted by molar-refractivity contribution is 5.93. The number of carbonyl (C=O) groups excluding carboxylic acids is 1. The molecule has 158 valence electrons. The summed E-state index contributed by atoms with van der Waals surface area (Å²) < 4.78 is 10.7. The average molecular weight is 416 g/mol. The van der Waals surface area contributed by atoms with Crippen molar-refractivity contribution in [3.05, 3.63) is 59.8 Å². The maximum absolute atomic E-state index is 12.9. The van der Waals surface area contributed by atoms with E-state index in [1.807, 2.05) is 30.3 Å². The number of aryl methyl sites for hydroxylation is 1. The summed E-state index contributed by atoms with van der Waals surface area (Å²) in [6.45, 7) is 0. The number of aromatic amines is 2. The van der Waals surface area contributed by atoms with Crippen LogP contribution in [0.1, 0.15) is 17.7 Å². The third-order valence-corrected chi connectivity index (χ3v) is 5.99. The van der Waals surface area contributed by atoms with Gasteiger partial charge in [-0.15, -0.1) is 0 Å². The first kappa shape index (κ1) is 19.2. The quantitative estimate of drug-likeness (QED) is 0.452. The first-order valence-electron chi connectivity index (χ1n) is 10.3. The molecule has 3 N–H and O–H groups in total. The van der Waals surface area contributed by atoms with Gasteiger partial charge >= 0.3 is 0 Å². The molecule has 0 spiro atoms. The van der Waals surface area contributed by atoms with Crippen LogP contribution in [0.15, 0.2) is 48.5 Å². The molecule has 5 rings (SSSR count). The molecular weight excluding hydrogens is 392 g/mol. The van der Waals surface area contributed by atoms with Crippen LogP contribution in [0.5, 0.6) is 11.5 Å². The number of carbonyl (C=O) groups is 1. The normalized spacial score (nSPS) is 15.5. The number of anilines is 1. The summed E-state index contributed by atoms with van der Waals surface area (Å²) in [5.74, 6) is 1.72. The minimum atomic E-state index is -0.0817. The van der Waals surface area contributed by atoms with Gasteiger partial charge in [0.1, 0.15) is 0 Å². The number of benzene rings is 2. The van der Waals surface area contributed by atoms with Gasteiger partial charge in [0.15, 0.2) is 17.3 Å². The zero-order valence-corrected chi connectivity index (χ0v) is 17.5. The van der Waals surface area contributed by atoms with Crippen LogP contribution in [0, 0.1) is 5.92 Å². The predicted molar refractivity (Wildman–Crippen MR) is 120 cm³/mol. The lowest BCUT2D eigenvalue weighted by molar-refractivity contribution is -0.120. The van der Waals surface area contributed by atoms with E-state index in [2.05, 4.69) is 38.7 Å². The molecule has 2 aromatic heterocycles. The van der Waals surface area contributed by atoms with Gasteiger partial charge in [-0.2, -0.15) is 5.10 Å². The van der Waals surface area contributed by atoms with Crippen LogP contribution in [0.3, 0.4) is 0 Å². The Balaban J connectivity index is 1.30. The fraction of sp³-hybridized carbons (Fsp3) is 0.250. The Labute approximate surface area is 179 Å². The minimum Gasteiger partial charge on any atom is -0.493 e. The molecule has 4 aromatic rings. The minimum absolute atomic E-state index is 0.00494. The van der Waals surface area contributed by atoms with E-state index in [0.29, 0.717) is 23.7 Å². The van der Waals surface area contributed by atoms with Gasteiger partial charge in [-0.05, 0) is 49.1 Å². The molecule has 31 heavy (non-hydrogen) atoms. The number of para-hydroxylation sites is 1. The van der Waals surface area contributed by atoms with Crippen molar-refractivity contribution in [2.24, 2.45) is 5.92 Å². The van der Waals surface area contributed by atoms with Crippen molar-refractivity contribution in [1.29, 1.82) is 0 Å². The van der Waals surface area contributed by atoms with Gasteiger partial charge < -0.3 is 19.8 Å². The van der Waals surface area contributed by atoms with E-state index >= 15 is 0 Å². The van der Waals surface area contributed by atoms with Gasteiger partial charge in [0.2, 0.25) is 5.91 Å². The molecule has 1 unspecified atom stereocenters. The topological polar surface area (TPSA) is 92.0 Å². The highest BCUT2D eigenvalue weighted by Crippen LogP contribution is 2.33. The summed E-state index contributed by atoms with van der Waals surface area (Å²) in [4.78, 5) is 16.4. The first-order chi connectivity index (χ1) is 15.2. The van der Waals surface area contributed by atoms with E-state index in [9.17, 15) is 4.79 Å². The largest absolute Gasteiger partial charge is 0.493 e. The van der Waals surface area contributed by atoms with Crippen LogP contribution in [0.2, 0.25) is 0 Å². The lowest BCUT2D eigenvalue weighted by Gasteiger charge is -2.21. The number of amides is 1. The Bertz CT molecular complexity index is 1260. The third-order valence-electron chi connectivity index (χ3n) is 5.99. The molecule has 0 saturated carbocycles. The standard InChI is InChI=1S/C24H24N4O3/c1-30-21-10-8-14(12-22(21)31-2)19-13-23(28-27-19)26-24(29)15-7-9-17-16-5-3-4-6-18(16)25-20(17)11-15/h3-6,8,10,12-13,15,25H,7,9,11H2,1-2H3,(H2,26,27,28,29). The van der Waals surface area contributed by atoms with Crippen LogP contribution in [-0.2, 0) is 17.6 Å². The molecule has 1 aliphatic carbocycles. The Morgan fingerprint density at radius 1 is 1.10 bits per heavy atom. The molecule has 1 aliphatic rings. The Kier molecular flexibility index (Phi) is 4.86. The summed E-state index contributed by atoms with van der Waals surface area (Å²) in [5.41, 5.74) is 5.33. The predicted octanol–water partition coefficient (Wildman–Crippen LogP) is 4.32. The number of aromatic nitrogens is 3. The fourth-order valence-electron chi connectivity index (χ4n) is 4.37. The number of nitrogens with zero attached hydrogens (tertiary/aromatic N) is 1. The Morgan fingerprint density at radius 2 is 1.94 bits per heavy atom. The van der Waals surface area contributed by atoms with Gasteiger partial charge in [-0.3, -0.25) is 9.89 Å². The molecule has 7 heteroatoms. The van der Waals surface area contributed by atoms with E-state index < -0.39 is 0 Å². The molecule has 0 fully saturated rings. The smallest absolute Gasteiger partial charge is 0.229 e. The van der Waals surface area contributed by atoms with Crippen LogP contribution in [0.4, 0.5) is 5.82 Å². The number of ether oxygens (including phenoxy) is 2. The van der Waals surface area contributed by atoms with Crippen LogP contribution in [0.25, 0.3) is 22.2 Å². The second-order valence-corrected chi connectivity index (χ2v) is 7.79. The summed E-state index contributed by atoms with van der Waals surface area (Å²) in [6, 6.07) is 15.8. The first-order valence-corrected chi connectivity index (χ1v) is 10.3. The van der Waals surface area contributed by atoms with E-state index in [-0.39, 0.29) is 11.8 Å². The molecule has 2 heterocycles. The van der Waals surface area contributed by atoms with Crippen molar-refractivity contribution >= 4 is 22.6 Å². The van der Waals surface area contributed by atoms with Crippen molar-refractivity contribution < 1.29 is 14.3 Å². The molecule has 1 amide bonds. The van der Waals surface area contributed by atoms with Crippen molar-refractivity contribution in [1.82, 2.24) is 15.2 Å². The van der Waals surface area contributed by atoms with Crippen molar-refractivity contribution in [3.63, 3.8) is 0 Å². The number of H-pyrrole nitrogens is 2. The Morgan fingerprint density at radius 3 is 2.77 bits per heavy atom. The van der Waals surface area contributed by atoms with Gasteiger partial charge in [0, 0.05) is 34.1 Å². The lowest BCUT2D eigenvalue weighted by atomic mass is 9.86. The fourth-order valence-corrected chi connectivity index (χ4v) is 4.37. The summed E-state index contributed by atoms with van der Waals surface area (Å²) in [7, 11) is 3.20. The molecule has 7 nitrogen and oxygen atoms in total. The highest BCUT2D eigenvalue weighted by Gasteiger charge is 2.27. The molecule has 2 aromatic carbocycles. The van der Waals surface area contributed by atoms with Gasteiger partial charge in [-0.25, -0.2) is 0 Å². The number of hydrogen-bond acceptors (Lipinski definition) is 4. The summed E-state index contributed by atoms with van der Waals surface area (Å²) >= 11 is 0.